The van der Waals surface area contributed by atoms with Crippen molar-refractivity contribution in [3.63, 3.8) is 0 Å². The van der Waals surface area contributed by atoms with Gasteiger partial charge in [0.25, 0.3) is 10.0 Å². The minimum absolute atomic E-state index is 0.0414. The highest BCUT2D eigenvalue weighted by Gasteiger charge is 2.65. The minimum atomic E-state index is -4.57. The predicted octanol–water partition coefficient (Wildman–Crippen LogP) is 8.64. The molecule has 2 aliphatic carbocycles. The van der Waals surface area contributed by atoms with Gasteiger partial charge in [0.1, 0.15) is 55.2 Å². The number of alkyl halides is 3. The van der Waals surface area contributed by atoms with Crippen molar-refractivity contribution in [2.24, 2.45) is 16.7 Å². The number of carboxylic acid groups (broad SMARTS) is 2. The summed E-state index contributed by atoms with van der Waals surface area (Å²) in [4.78, 5) is 34.2. The molecule has 20 heteroatoms. The smallest absolute Gasteiger partial charge is 0.416 e. The van der Waals surface area contributed by atoms with E-state index in [1.165, 1.54) is 48.5 Å². The van der Waals surface area contributed by atoms with Crippen molar-refractivity contribution in [1.82, 2.24) is 0 Å². The Kier molecular flexibility index (Phi) is 15.1. The summed E-state index contributed by atoms with van der Waals surface area (Å²) in [6.45, 7) is 4.48. The Morgan fingerprint density at radius 1 is 0.657 bits per heavy atom. The SMILES string of the molecule is CC1(C)C2CCC1(CS(=O)(=O)Nc1ccccc1OCCOc1ccc(C(=O)O)cc1)C(=O)C2.O=C(O)c1ccc(OCCOc2ccccc2NS(=O)(=O)c2ccc(C(F)(F)F)cc2)cc1. The van der Waals surface area contributed by atoms with E-state index in [9.17, 15) is 44.4 Å². The van der Waals surface area contributed by atoms with Gasteiger partial charge in [0.05, 0.1) is 44.1 Å². The first kappa shape index (κ1) is 49.6. The number of halogens is 3. The van der Waals surface area contributed by atoms with Gasteiger partial charge in [-0.3, -0.25) is 14.2 Å². The third-order valence-corrected chi connectivity index (χ3v) is 14.6. The van der Waals surface area contributed by atoms with Gasteiger partial charge in [-0.2, -0.15) is 13.2 Å². The van der Waals surface area contributed by atoms with E-state index in [0.717, 1.165) is 18.6 Å². The van der Waals surface area contributed by atoms with Crippen LogP contribution in [-0.2, 0) is 31.0 Å². The quantitative estimate of drug-likeness (QED) is 0.0570. The molecule has 5 aromatic carbocycles. The van der Waals surface area contributed by atoms with Gasteiger partial charge in [-0.1, -0.05) is 38.1 Å². The van der Waals surface area contributed by atoms with E-state index >= 15 is 0 Å². The van der Waals surface area contributed by atoms with Gasteiger partial charge in [-0.25, -0.2) is 26.4 Å². The van der Waals surface area contributed by atoms with E-state index < -0.39 is 49.1 Å². The van der Waals surface area contributed by atoms with Crippen molar-refractivity contribution < 1.29 is 73.6 Å². The number of sulfonamides is 2. The molecule has 2 bridgehead atoms. The third kappa shape index (κ3) is 12.2. The lowest BCUT2D eigenvalue weighted by Crippen LogP contribution is -2.43. The van der Waals surface area contributed by atoms with Gasteiger partial charge in [0.15, 0.2) is 0 Å². The number of carbonyl (C=O) groups is 3. The number of fused-ring (bicyclic) bond motifs is 2. The average molecular weight is 969 g/mol. The molecule has 2 unspecified atom stereocenters. The number of carbonyl (C=O) groups excluding carboxylic acids is 1. The molecule has 2 saturated carbocycles. The van der Waals surface area contributed by atoms with Crippen molar-refractivity contribution >= 4 is 49.1 Å². The first-order valence-corrected chi connectivity index (χ1v) is 23.8. The lowest BCUT2D eigenvalue weighted by atomic mass is 9.70. The molecule has 2 fully saturated rings. The van der Waals surface area contributed by atoms with E-state index in [1.54, 1.807) is 48.5 Å². The molecule has 5 aromatic rings. The Labute approximate surface area is 385 Å². The van der Waals surface area contributed by atoms with Crippen LogP contribution in [0, 0.1) is 16.7 Å². The number of nitrogens with one attached hydrogen (secondary N) is 2. The highest BCUT2D eigenvalue weighted by Crippen LogP contribution is 2.64. The third-order valence-electron chi connectivity index (χ3n) is 11.8. The van der Waals surface area contributed by atoms with Crippen LogP contribution >= 0.6 is 0 Å². The Bertz CT molecular complexity index is 2790. The highest BCUT2D eigenvalue weighted by atomic mass is 32.2. The molecule has 0 aliphatic heterocycles. The normalized spacial score (nSPS) is 17.4. The Morgan fingerprint density at radius 2 is 1.10 bits per heavy atom. The molecule has 0 spiro atoms. The number of rotatable bonds is 19. The molecule has 0 radical (unpaired) electrons. The van der Waals surface area contributed by atoms with Gasteiger partial charge < -0.3 is 29.2 Å². The maximum absolute atomic E-state index is 13.1. The Morgan fingerprint density at radius 3 is 1.52 bits per heavy atom. The summed E-state index contributed by atoms with van der Waals surface area (Å²) in [7, 11) is -7.96. The second kappa shape index (κ2) is 20.4. The van der Waals surface area contributed by atoms with E-state index in [2.05, 4.69) is 9.44 Å². The van der Waals surface area contributed by atoms with Crippen LogP contribution in [0.25, 0.3) is 0 Å². The monoisotopic (exact) mass is 968 g/mol. The molecule has 0 aromatic heterocycles. The van der Waals surface area contributed by atoms with E-state index in [0.29, 0.717) is 47.9 Å². The number of hydrogen-bond donors (Lipinski definition) is 4. The van der Waals surface area contributed by atoms with Crippen LogP contribution in [-0.4, -0.2) is 77.0 Å². The van der Waals surface area contributed by atoms with Gasteiger partial charge >= 0.3 is 18.1 Å². The molecule has 4 N–H and O–H groups in total. The van der Waals surface area contributed by atoms with Gasteiger partial charge in [-0.15, -0.1) is 0 Å². The van der Waals surface area contributed by atoms with Gasteiger partial charge in [-0.05, 0) is 121 Å². The first-order chi connectivity index (χ1) is 31.6. The van der Waals surface area contributed by atoms with Crippen LogP contribution in [0.5, 0.6) is 23.0 Å². The standard InChI is InChI=1S/C25H29NO7S.C22H18F3NO6S/c1-24(2)18-11-12-25(24,22(27)15-18)16-34(30,31)26-20-5-3-4-6-21(20)33-14-13-32-19-9-7-17(8-10-19)23(28)29;23-22(24,25)16-7-11-18(12-8-16)33(29,30)26-19-3-1-2-4-20(19)32-14-13-31-17-9-5-15(6-10-17)21(27)28/h3-10,18,26H,11-16H2,1-2H3,(H,28,29);1-12,26H,13-14H2,(H,27,28). The Hall–Kier alpha value is -6.80. The number of anilines is 2. The number of para-hydroxylation sites is 4. The van der Waals surface area contributed by atoms with E-state index in [4.69, 9.17) is 29.2 Å². The number of Topliss-reactive ketones (excluding diaryl/α,β-unsaturated/α-hetero) is 1. The summed E-state index contributed by atoms with van der Waals surface area (Å²) in [6, 6.07) is 27.8. The summed E-state index contributed by atoms with van der Waals surface area (Å²) >= 11 is 0. The zero-order valence-corrected chi connectivity index (χ0v) is 37.7. The molecule has 7 rings (SSSR count). The lowest BCUT2D eigenvalue weighted by molar-refractivity contribution is -0.137. The van der Waals surface area contributed by atoms with Crippen LogP contribution in [0.3, 0.4) is 0 Å². The Balaban J connectivity index is 0.000000221. The highest BCUT2D eigenvalue weighted by molar-refractivity contribution is 7.93. The van der Waals surface area contributed by atoms with Gasteiger partial charge in [0.2, 0.25) is 10.0 Å². The largest absolute Gasteiger partial charge is 0.490 e. The summed E-state index contributed by atoms with van der Waals surface area (Å²) in [5, 5.41) is 17.8. The van der Waals surface area contributed by atoms with Crippen molar-refractivity contribution in [1.29, 1.82) is 0 Å². The van der Waals surface area contributed by atoms with Crippen molar-refractivity contribution in [3.8, 4) is 23.0 Å². The number of hydrogen-bond acceptors (Lipinski definition) is 11. The summed E-state index contributed by atoms with van der Waals surface area (Å²) < 4.78 is 117. The fraction of sp³-hybridized carbons (Fsp3) is 0.298. The fourth-order valence-corrected chi connectivity index (χ4v) is 11.0. The maximum atomic E-state index is 13.1. The number of ether oxygens (including phenoxy) is 4. The van der Waals surface area contributed by atoms with Crippen LogP contribution < -0.4 is 28.4 Å². The second-order valence-electron chi connectivity index (χ2n) is 16.2. The molecule has 0 heterocycles. The van der Waals surface area contributed by atoms with Crippen molar-refractivity contribution in [3.05, 3.63) is 138 Å². The zero-order valence-electron chi connectivity index (χ0n) is 36.1. The summed E-state index contributed by atoms with van der Waals surface area (Å²) in [6.07, 6.45) is -2.63. The van der Waals surface area contributed by atoms with E-state index in [1.807, 2.05) is 13.8 Å². The van der Waals surface area contributed by atoms with Crippen molar-refractivity contribution in [2.75, 3.05) is 41.6 Å². The predicted molar refractivity (Wildman–Crippen MR) is 240 cm³/mol. The molecule has 0 amide bonds. The summed E-state index contributed by atoms with van der Waals surface area (Å²) in [5.74, 6) is -0.523. The fourth-order valence-electron chi connectivity index (χ4n) is 8.03. The molecule has 2 aliphatic rings. The summed E-state index contributed by atoms with van der Waals surface area (Å²) in [5.41, 5.74) is -1.44. The van der Waals surface area contributed by atoms with Crippen LogP contribution in [0.2, 0.25) is 0 Å². The molecule has 2 atom stereocenters. The topological polar surface area (TPSA) is 221 Å². The zero-order chi connectivity index (χ0) is 48.6. The van der Waals surface area contributed by atoms with E-state index in [-0.39, 0.29) is 76.8 Å². The van der Waals surface area contributed by atoms with Crippen LogP contribution in [0.15, 0.2) is 126 Å². The second-order valence-corrected chi connectivity index (χ2v) is 19.6. The molecule has 15 nitrogen and oxygen atoms in total. The number of aromatic carboxylic acids is 2. The molecule has 0 saturated heterocycles. The average Bonchev–Trinajstić information content (AvgIpc) is 3.62. The molecule has 67 heavy (non-hydrogen) atoms. The molecular weight excluding hydrogens is 922 g/mol. The molecule has 356 valence electrons. The van der Waals surface area contributed by atoms with Gasteiger partial charge in [0, 0.05) is 6.42 Å². The lowest BCUT2D eigenvalue weighted by Gasteiger charge is -2.36. The van der Waals surface area contributed by atoms with Crippen LogP contribution in [0.4, 0.5) is 24.5 Å². The number of benzene rings is 5. The first-order valence-electron chi connectivity index (χ1n) is 20.7. The van der Waals surface area contributed by atoms with Crippen molar-refractivity contribution in [2.45, 2.75) is 44.2 Å². The number of ketones is 1. The number of carboxylic acids is 2. The van der Waals surface area contributed by atoms with Crippen LogP contribution in [0.1, 0.15) is 59.4 Å². The maximum Gasteiger partial charge on any atom is 0.416 e. The molecular formula is C47H47F3N2O13S2. The minimum Gasteiger partial charge on any atom is -0.490 e.